The van der Waals surface area contributed by atoms with E-state index >= 15 is 0 Å². The number of hydrogen-bond acceptors (Lipinski definition) is 3. The highest BCUT2D eigenvalue weighted by Gasteiger charge is 2.01. The van der Waals surface area contributed by atoms with Crippen molar-refractivity contribution in [1.82, 2.24) is 4.90 Å². The molecular weight excluding hydrogens is 242 g/mol. The van der Waals surface area contributed by atoms with Gasteiger partial charge >= 0.3 is 5.97 Å². The van der Waals surface area contributed by atoms with E-state index in [1.807, 2.05) is 38.4 Å². The highest BCUT2D eigenvalue weighted by molar-refractivity contribution is 5.91. The number of nitrogens with zero attached hydrogens (tertiary/aromatic N) is 1. The maximum atomic E-state index is 10.8. The predicted molar refractivity (Wildman–Crippen MR) is 76.4 cm³/mol. The molecule has 1 aromatic rings. The molecule has 0 saturated heterocycles. The summed E-state index contributed by atoms with van der Waals surface area (Å²) in [5.41, 5.74) is 1.15. The van der Waals surface area contributed by atoms with Crippen molar-refractivity contribution < 1.29 is 14.6 Å². The summed E-state index contributed by atoms with van der Waals surface area (Å²) in [6.45, 7) is 3.22. The average Bonchev–Trinajstić information content (AvgIpc) is 2.35. The van der Waals surface area contributed by atoms with Gasteiger partial charge in [0.25, 0.3) is 0 Å². The predicted octanol–water partition coefficient (Wildman–Crippen LogP) is 2.50. The van der Waals surface area contributed by atoms with Gasteiger partial charge in [-0.05, 0) is 51.2 Å². The number of rotatable bonds is 7. The molecule has 0 fully saturated rings. The fraction of sp³-hybridized carbons (Fsp3) is 0.400. The van der Waals surface area contributed by atoms with Crippen LogP contribution in [0.25, 0.3) is 6.08 Å². The second-order valence-corrected chi connectivity index (χ2v) is 4.71. The largest absolute Gasteiger partial charge is 0.494 e. The Kier molecular flexibility index (Phi) is 6.09. The van der Waals surface area contributed by atoms with Gasteiger partial charge in [-0.3, -0.25) is 0 Å². The molecule has 0 radical (unpaired) electrons. The second kappa shape index (κ2) is 7.59. The fourth-order valence-corrected chi connectivity index (χ4v) is 1.58. The molecule has 0 spiro atoms. The van der Waals surface area contributed by atoms with E-state index in [0.717, 1.165) is 24.3 Å². The van der Waals surface area contributed by atoms with Gasteiger partial charge in [0.15, 0.2) is 0 Å². The zero-order chi connectivity index (χ0) is 14.3. The lowest BCUT2D eigenvalue weighted by atomic mass is 10.1. The molecule has 0 amide bonds. The standard InChI is InChI=1S/C15H21NO3/c1-12(15(17)18)10-13-6-4-7-14(11-13)19-9-5-8-16(2)3/h4,6-7,10-11H,5,8-9H2,1-3H3,(H,17,18)/b12-10+. The summed E-state index contributed by atoms with van der Waals surface area (Å²) in [5, 5.41) is 8.83. The molecule has 19 heavy (non-hydrogen) atoms. The van der Waals surface area contributed by atoms with Crippen LogP contribution in [0.4, 0.5) is 0 Å². The van der Waals surface area contributed by atoms with Crippen molar-refractivity contribution in [2.75, 3.05) is 27.2 Å². The van der Waals surface area contributed by atoms with Crippen LogP contribution in [-0.4, -0.2) is 43.2 Å². The summed E-state index contributed by atoms with van der Waals surface area (Å²) in [7, 11) is 4.06. The molecule has 104 valence electrons. The summed E-state index contributed by atoms with van der Waals surface area (Å²) in [6.07, 6.45) is 2.59. The lowest BCUT2D eigenvalue weighted by Gasteiger charge is -2.10. The molecule has 4 nitrogen and oxygen atoms in total. The molecule has 0 bridgehead atoms. The van der Waals surface area contributed by atoms with Gasteiger partial charge in [-0.1, -0.05) is 12.1 Å². The number of aliphatic carboxylic acids is 1. The Morgan fingerprint density at radius 1 is 1.42 bits per heavy atom. The molecule has 4 heteroatoms. The SMILES string of the molecule is C/C(=C\c1cccc(OCCCN(C)C)c1)C(=O)O. The van der Waals surface area contributed by atoms with Gasteiger partial charge in [0.1, 0.15) is 5.75 Å². The maximum Gasteiger partial charge on any atom is 0.331 e. The minimum absolute atomic E-state index is 0.310. The zero-order valence-electron chi connectivity index (χ0n) is 11.7. The molecule has 0 atom stereocenters. The van der Waals surface area contributed by atoms with Crippen LogP contribution in [0.2, 0.25) is 0 Å². The smallest absolute Gasteiger partial charge is 0.331 e. The van der Waals surface area contributed by atoms with Crippen molar-refractivity contribution in [3.8, 4) is 5.75 Å². The van der Waals surface area contributed by atoms with Gasteiger partial charge in [-0.25, -0.2) is 4.79 Å². The van der Waals surface area contributed by atoms with Crippen LogP contribution < -0.4 is 4.74 Å². The first-order valence-electron chi connectivity index (χ1n) is 6.28. The lowest BCUT2D eigenvalue weighted by Crippen LogP contribution is -2.15. The van der Waals surface area contributed by atoms with Crippen molar-refractivity contribution in [3.05, 3.63) is 35.4 Å². The van der Waals surface area contributed by atoms with Crippen LogP contribution in [0.1, 0.15) is 18.9 Å². The molecule has 0 saturated carbocycles. The monoisotopic (exact) mass is 263 g/mol. The van der Waals surface area contributed by atoms with E-state index in [1.165, 1.54) is 0 Å². The molecule has 0 aliphatic rings. The third-order valence-electron chi connectivity index (χ3n) is 2.60. The summed E-state index contributed by atoms with van der Waals surface area (Å²) < 4.78 is 5.64. The lowest BCUT2D eigenvalue weighted by molar-refractivity contribution is -0.132. The molecule has 0 unspecified atom stereocenters. The quantitative estimate of drug-likeness (QED) is 0.606. The van der Waals surface area contributed by atoms with Crippen LogP contribution in [-0.2, 0) is 4.79 Å². The molecule has 1 aromatic carbocycles. The van der Waals surface area contributed by atoms with Crippen LogP contribution in [0.5, 0.6) is 5.75 Å². The van der Waals surface area contributed by atoms with Crippen molar-refractivity contribution in [2.45, 2.75) is 13.3 Å². The third kappa shape index (κ3) is 6.06. The number of ether oxygens (including phenoxy) is 1. The maximum absolute atomic E-state index is 10.8. The highest BCUT2D eigenvalue weighted by Crippen LogP contribution is 2.16. The van der Waals surface area contributed by atoms with Crippen LogP contribution in [0, 0.1) is 0 Å². The first kappa shape index (κ1) is 15.2. The van der Waals surface area contributed by atoms with Gasteiger partial charge in [0, 0.05) is 12.1 Å². The van der Waals surface area contributed by atoms with Gasteiger partial charge < -0.3 is 14.7 Å². The van der Waals surface area contributed by atoms with Crippen molar-refractivity contribution in [2.24, 2.45) is 0 Å². The van der Waals surface area contributed by atoms with Crippen molar-refractivity contribution >= 4 is 12.0 Å². The van der Waals surface area contributed by atoms with Crippen molar-refractivity contribution in [3.63, 3.8) is 0 Å². The van der Waals surface area contributed by atoms with E-state index in [1.54, 1.807) is 13.0 Å². The van der Waals surface area contributed by atoms with E-state index in [2.05, 4.69) is 4.90 Å². The normalized spacial score (nSPS) is 11.7. The zero-order valence-corrected chi connectivity index (χ0v) is 11.7. The number of carbonyl (C=O) groups is 1. The van der Waals surface area contributed by atoms with E-state index in [0.29, 0.717) is 12.2 Å². The first-order chi connectivity index (χ1) is 8.99. The van der Waals surface area contributed by atoms with E-state index < -0.39 is 5.97 Å². The third-order valence-corrected chi connectivity index (χ3v) is 2.60. The van der Waals surface area contributed by atoms with Crippen LogP contribution >= 0.6 is 0 Å². The Morgan fingerprint density at radius 2 is 2.16 bits per heavy atom. The number of hydrogen-bond donors (Lipinski definition) is 1. The van der Waals surface area contributed by atoms with Crippen molar-refractivity contribution in [1.29, 1.82) is 0 Å². The Balaban J connectivity index is 2.57. The molecule has 0 aliphatic carbocycles. The molecule has 0 aliphatic heterocycles. The Labute approximate surface area is 114 Å². The van der Waals surface area contributed by atoms with Gasteiger partial charge in [-0.2, -0.15) is 0 Å². The minimum Gasteiger partial charge on any atom is -0.494 e. The summed E-state index contributed by atoms with van der Waals surface area (Å²) in [5.74, 6) is -0.136. The van der Waals surface area contributed by atoms with Crippen LogP contribution in [0.15, 0.2) is 29.8 Å². The number of carboxylic acids is 1. The number of benzene rings is 1. The topological polar surface area (TPSA) is 49.8 Å². The van der Waals surface area contributed by atoms with Gasteiger partial charge in [0.05, 0.1) is 6.61 Å². The highest BCUT2D eigenvalue weighted by atomic mass is 16.5. The molecular formula is C15H21NO3. The molecule has 1 rings (SSSR count). The fourth-order valence-electron chi connectivity index (χ4n) is 1.58. The molecule has 1 N–H and O–H groups in total. The second-order valence-electron chi connectivity index (χ2n) is 4.71. The van der Waals surface area contributed by atoms with E-state index in [9.17, 15) is 4.79 Å². The Hall–Kier alpha value is -1.81. The minimum atomic E-state index is -0.905. The number of carboxylic acid groups (broad SMARTS) is 1. The van der Waals surface area contributed by atoms with Gasteiger partial charge in [-0.15, -0.1) is 0 Å². The Morgan fingerprint density at radius 3 is 2.79 bits per heavy atom. The molecule has 0 aromatic heterocycles. The average molecular weight is 263 g/mol. The summed E-state index contributed by atoms with van der Waals surface area (Å²) in [4.78, 5) is 12.9. The summed E-state index contributed by atoms with van der Waals surface area (Å²) in [6, 6.07) is 7.45. The van der Waals surface area contributed by atoms with E-state index in [-0.39, 0.29) is 0 Å². The summed E-state index contributed by atoms with van der Waals surface area (Å²) >= 11 is 0. The van der Waals surface area contributed by atoms with Gasteiger partial charge in [0.2, 0.25) is 0 Å². The Bertz CT molecular complexity index is 452. The van der Waals surface area contributed by atoms with E-state index in [4.69, 9.17) is 9.84 Å². The van der Waals surface area contributed by atoms with Crippen LogP contribution in [0.3, 0.4) is 0 Å². The molecule has 0 heterocycles. The first-order valence-corrected chi connectivity index (χ1v) is 6.28.